The molecule has 4 aliphatic rings. The van der Waals surface area contributed by atoms with Crippen molar-refractivity contribution in [2.24, 2.45) is 5.41 Å². The number of rotatable bonds is 10. The number of ether oxygens (including phenoxy) is 1. The summed E-state index contributed by atoms with van der Waals surface area (Å²) in [5, 5.41) is 17.7. The second kappa shape index (κ2) is 7.57. The summed E-state index contributed by atoms with van der Waals surface area (Å²) in [7, 11) is 1.72. The summed E-state index contributed by atoms with van der Waals surface area (Å²) in [5.41, 5.74) is -0.754. The van der Waals surface area contributed by atoms with Crippen molar-refractivity contribution in [2.45, 2.75) is 74.7 Å². The van der Waals surface area contributed by atoms with Gasteiger partial charge in [-0.15, -0.1) is 0 Å². The van der Waals surface area contributed by atoms with Crippen LogP contribution in [0.25, 0.3) is 0 Å². The third-order valence-corrected chi connectivity index (χ3v) is 8.04. The lowest BCUT2D eigenvalue weighted by atomic mass is 9.68. The van der Waals surface area contributed by atoms with Crippen molar-refractivity contribution >= 4 is 5.97 Å². The molecule has 2 heterocycles. The molecule has 3 aliphatic carbocycles. The highest BCUT2D eigenvalue weighted by molar-refractivity contribution is 5.76. The summed E-state index contributed by atoms with van der Waals surface area (Å²) in [6, 6.07) is 0.683. The van der Waals surface area contributed by atoms with E-state index in [0.29, 0.717) is 25.1 Å². The van der Waals surface area contributed by atoms with E-state index in [4.69, 9.17) is 14.2 Å². The zero-order valence-corrected chi connectivity index (χ0v) is 18.0. The molecule has 8 heteroatoms. The molecule has 1 aromatic heterocycles. The molecule has 4 fully saturated rings. The van der Waals surface area contributed by atoms with Crippen LogP contribution in [0.15, 0.2) is 4.52 Å². The monoisotopic (exact) mass is 418 g/mol. The highest BCUT2D eigenvalue weighted by atomic mass is 16.5. The first-order chi connectivity index (χ1) is 14.5. The Balaban J connectivity index is 1.26. The second-order valence-electron chi connectivity index (χ2n) is 10.3. The Morgan fingerprint density at radius 2 is 1.93 bits per heavy atom. The first-order valence-electron chi connectivity index (χ1n) is 11.5. The van der Waals surface area contributed by atoms with Crippen molar-refractivity contribution in [3.05, 3.63) is 11.7 Å². The van der Waals surface area contributed by atoms with Crippen molar-refractivity contribution in [1.82, 2.24) is 20.4 Å². The van der Waals surface area contributed by atoms with Crippen LogP contribution in [0.1, 0.15) is 69.5 Å². The summed E-state index contributed by atoms with van der Waals surface area (Å²) < 4.78 is 11.4. The van der Waals surface area contributed by atoms with Crippen molar-refractivity contribution in [2.75, 3.05) is 39.9 Å². The number of carboxylic acid groups (broad SMARTS) is 1. The van der Waals surface area contributed by atoms with E-state index in [1.54, 1.807) is 7.11 Å². The van der Waals surface area contributed by atoms with E-state index in [-0.39, 0.29) is 10.8 Å². The molecular weight excluding hydrogens is 384 g/mol. The first kappa shape index (κ1) is 20.4. The van der Waals surface area contributed by atoms with Crippen LogP contribution >= 0.6 is 0 Å². The van der Waals surface area contributed by atoms with Gasteiger partial charge in [-0.1, -0.05) is 11.6 Å². The minimum absolute atomic E-state index is 0.0530. The number of hydrogen-bond acceptors (Lipinski definition) is 7. The quantitative estimate of drug-likeness (QED) is 0.596. The van der Waals surface area contributed by atoms with Gasteiger partial charge in [-0.2, -0.15) is 4.98 Å². The molecule has 30 heavy (non-hydrogen) atoms. The molecule has 166 valence electrons. The van der Waals surface area contributed by atoms with E-state index in [0.717, 1.165) is 70.4 Å². The Kier molecular flexibility index (Phi) is 5.14. The minimum atomic E-state index is -0.640. The van der Waals surface area contributed by atoms with E-state index in [2.05, 4.69) is 15.4 Å². The van der Waals surface area contributed by atoms with Gasteiger partial charge in [0.05, 0.1) is 17.4 Å². The number of hydrogen-bond donors (Lipinski definition) is 2. The molecule has 2 N–H and O–H groups in total. The predicted molar refractivity (Wildman–Crippen MR) is 109 cm³/mol. The van der Waals surface area contributed by atoms with Gasteiger partial charge in [-0.3, -0.25) is 4.79 Å². The summed E-state index contributed by atoms with van der Waals surface area (Å²) in [6.07, 6.45) is 9.13. The van der Waals surface area contributed by atoms with Gasteiger partial charge in [0.25, 0.3) is 0 Å². The lowest BCUT2D eigenvalue weighted by molar-refractivity contribution is -0.156. The van der Waals surface area contributed by atoms with Gasteiger partial charge in [-0.05, 0) is 64.5 Å². The van der Waals surface area contributed by atoms with Gasteiger partial charge in [0.1, 0.15) is 0 Å². The molecule has 0 spiro atoms. The lowest BCUT2D eigenvalue weighted by Crippen LogP contribution is -2.52. The van der Waals surface area contributed by atoms with E-state index in [9.17, 15) is 9.90 Å². The molecule has 1 aromatic rings. The third kappa shape index (κ3) is 3.67. The Hall–Kier alpha value is -1.51. The van der Waals surface area contributed by atoms with E-state index >= 15 is 0 Å². The number of carbonyl (C=O) groups is 1. The minimum Gasteiger partial charge on any atom is -0.481 e. The standard InChI is InChI=1S/C22H34N4O4/c1-29-15-22(9-11-26(12-10-22)14-21(19(27)28)5-2-6-21)18-24-17(25-30-18)20(7-8-20)13-23-16-3-4-16/h16,23H,2-15H2,1H3,(H,27,28). The van der Waals surface area contributed by atoms with Crippen LogP contribution in [0, 0.1) is 5.41 Å². The highest BCUT2D eigenvalue weighted by Gasteiger charge is 2.51. The first-order valence-corrected chi connectivity index (χ1v) is 11.5. The van der Waals surface area contributed by atoms with E-state index in [1.807, 2.05) is 0 Å². The van der Waals surface area contributed by atoms with Gasteiger partial charge in [0, 0.05) is 31.7 Å². The van der Waals surface area contributed by atoms with Crippen LogP contribution in [-0.4, -0.2) is 72.1 Å². The summed E-state index contributed by atoms with van der Waals surface area (Å²) >= 11 is 0. The van der Waals surface area contributed by atoms with Gasteiger partial charge in [0.2, 0.25) is 5.89 Å². The molecule has 0 amide bonds. The topological polar surface area (TPSA) is 101 Å². The largest absolute Gasteiger partial charge is 0.481 e. The number of aromatic nitrogens is 2. The van der Waals surface area contributed by atoms with Gasteiger partial charge < -0.3 is 24.6 Å². The fourth-order valence-corrected chi connectivity index (χ4v) is 5.22. The summed E-state index contributed by atoms with van der Waals surface area (Å²) in [6.45, 7) is 3.82. The average Bonchev–Trinajstić information content (AvgIpc) is 3.63. The van der Waals surface area contributed by atoms with Crippen LogP contribution in [-0.2, 0) is 20.4 Å². The van der Waals surface area contributed by atoms with Gasteiger partial charge >= 0.3 is 5.97 Å². The molecule has 1 saturated heterocycles. The van der Waals surface area contributed by atoms with Crippen molar-refractivity contribution in [1.29, 1.82) is 0 Å². The zero-order valence-electron chi connectivity index (χ0n) is 18.0. The molecule has 0 unspecified atom stereocenters. The Labute approximate surface area is 177 Å². The van der Waals surface area contributed by atoms with Crippen LogP contribution in [0.4, 0.5) is 0 Å². The normalized spacial score (nSPS) is 26.8. The van der Waals surface area contributed by atoms with Gasteiger partial charge in [-0.25, -0.2) is 0 Å². The maximum absolute atomic E-state index is 11.7. The fourth-order valence-electron chi connectivity index (χ4n) is 5.22. The Morgan fingerprint density at radius 3 is 2.47 bits per heavy atom. The number of nitrogens with zero attached hydrogens (tertiary/aromatic N) is 3. The number of nitrogens with one attached hydrogen (secondary N) is 1. The van der Waals surface area contributed by atoms with E-state index in [1.165, 1.54) is 12.8 Å². The molecule has 0 aromatic carbocycles. The number of methoxy groups -OCH3 is 1. The van der Waals surface area contributed by atoms with Crippen LogP contribution < -0.4 is 5.32 Å². The Bertz CT molecular complexity index is 774. The van der Waals surface area contributed by atoms with Crippen LogP contribution in [0.2, 0.25) is 0 Å². The second-order valence-corrected chi connectivity index (χ2v) is 10.3. The number of likely N-dealkylation sites (tertiary alicyclic amines) is 1. The molecule has 0 atom stereocenters. The molecule has 0 radical (unpaired) electrons. The third-order valence-electron chi connectivity index (χ3n) is 8.04. The predicted octanol–water partition coefficient (Wildman–Crippen LogP) is 2.09. The maximum Gasteiger partial charge on any atom is 0.310 e. The molecule has 5 rings (SSSR count). The van der Waals surface area contributed by atoms with Gasteiger partial charge in [0.15, 0.2) is 5.82 Å². The van der Waals surface area contributed by atoms with Crippen LogP contribution in [0.5, 0.6) is 0 Å². The SMILES string of the molecule is COCC1(c2nc(C3(CNC4CC4)CC3)no2)CCN(CC2(C(=O)O)CCC2)CC1. The summed E-state index contributed by atoms with van der Waals surface area (Å²) in [4.78, 5) is 19.0. The average molecular weight is 419 g/mol. The number of aliphatic carboxylic acids is 1. The van der Waals surface area contributed by atoms with Crippen molar-refractivity contribution in [3.8, 4) is 0 Å². The van der Waals surface area contributed by atoms with Crippen molar-refractivity contribution in [3.63, 3.8) is 0 Å². The smallest absolute Gasteiger partial charge is 0.310 e. The molecular formula is C22H34N4O4. The number of carboxylic acids is 1. The van der Waals surface area contributed by atoms with E-state index < -0.39 is 11.4 Å². The maximum atomic E-state index is 11.7. The highest BCUT2D eigenvalue weighted by Crippen LogP contribution is 2.48. The molecule has 3 saturated carbocycles. The molecule has 1 aliphatic heterocycles. The van der Waals surface area contributed by atoms with Crippen LogP contribution in [0.3, 0.4) is 0 Å². The fraction of sp³-hybridized carbons (Fsp3) is 0.864. The molecule has 0 bridgehead atoms. The lowest BCUT2D eigenvalue weighted by Gasteiger charge is -2.45. The summed E-state index contributed by atoms with van der Waals surface area (Å²) in [5.74, 6) is 0.912. The van der Waals surface area contributed by atoms with Crippen molar-refractivity contribution < 1.29 is 19.2 Å². The molecule has 8 nitrogen and oxygen atoms in total. The Morgan fingerprint density at radius 1 is 1.20 bits per heavy atom. The number of piperidine rings is 1. The zero-order chi connectivity index (χ0) is 20.8.